The first-order chi connectivity index (χ1) is 9.84. The normalized spacial score (nSPS) is 15.0. The Kier molecular flexibility index (Phi) is 4.91. The van der Waals surface area contributed by atoms with E-state index >= 15 is 0 Å². The van der Waals surface area contributed by atoms with Crippen molar-refractivity contribution in [2.24, 2.45) is 0 Å². The number of benzene rings is 1. The van der Waals surface area contributed by atoms with Crippen LogP contribution in [0.4, 0.5) is 0 Å². The van der Waals surface area contributed by atoms with Gasteiger partial charge < -0.3 is 9.64 Å². The molecule has 1 fully saturated rings. The summed E-state index contributed by atoms with van der Waals surface area (Å²) in [5.74, 6) is -0.184. The quantitative estimate of drug-likeness (QED) is 0.749. The number of carbonyl (C=O) groups excluding carboxylic acids is 1. The molecule has 1 aliphatic rings. The molecule has 1 saturated carbocycles. The smallest absolute Gasteiger partial charge is 0.261 e. The second-order valence-corrected chi connectivity index (χ2v) is 7.68. The topological polar surface area (TPSA) is 63.7 Å². The number of carbonyl (C=O) groups is 1. The summed E-state index contributed by atoms with van der Waals surface area (Å²) in [7, 11) is 3.13. The fourth-order valence-electron chi connectivity index (χ4n) is 2.19. The molecule has 0 saturated heterocycles. The summed E-state index contributed by atoms with van der Waals surface area (Å²) in [4.78, 5) is 14.3. The lowest BCUT2D eigenvalue weighted by Gasteiger charge is -2.22. The molecule has 0 bridgehead atoms. The van der Waals surface area contributed by atoms with Gasteiger partial charge in [0.2, 0.25) is 0 Å². The molecule has 0 aromatic heterocycles. The van der Waals surface area contributed by atoms with Gasteiger partial charge in [0.1, 0.15) is 0 Å². The Morgan fingerprint density at radius 1 is 1.43 bits per heavy atom. The molecular formula is C14H18ClNO4S. The number of amides is 1. The van der Waals surface area contributed by atoms with Crippen LogP contribution in [0.15, 0.2) is 23.1 Å². The number of rotatable bonds is 6. The van der Waals surface area contributed by atoms with Crippen LogP contribution in [0.5, 0.6) is 0 Å². The lowest BCUT2D eigenvalue weighted by molar-refractivity contribution is 0.0680. The van der Waals surface area contributed by atoms with Gasteiger partial charge in [0, 0.05) is 35.9 Å². The predicted molar refractivity (Wildman–Crippen MR) is 80.2 cm³/mol. The van der Waals surface area contributed by atoms with E-state index in [1.165, 1.54) is 6.07 Å². The lowest BCUT2D eigenvalue weighted by Crippen LogP contribution is -2.35. The Morgan fingerprint density at radius 3 is 2.62 bits per heavy atom. The number of hydrogen-bond donors (Lipinski definition) is 0. The van der Waals surface area contributed by atoms with E-state index in [0.717, 1.165) is 12.8 Å². The number of ether oxygens (including phenoxy) is 1. The minimum absolute atomic E-state index is 0.0162. The van der Waals surface area contributed by atoms with Crippen LogP contribution in [-0.4, -0.2) is 45.5 Å². The fourth-order valence-corrected chi connectivity index (χ4v) is 3.41. The van der Waals surface area contributed by atoms with Gasteiger partial charge in [0.15, 0.2) is 0 Å². The van der Waals surface area contributed by atoms with Crippen LogP contribution in [0.1, 0.15) is 28.8 Å². The van der Waals surface area contributed by atoms with Gasteiger partial charge in [-0.25, -0.2) is 8.42 Å². The molecule has 0 radical (unpaired) electrons. The van der Waals surface area contributed by atoms with E-state index in [2.05, 4.69) is 0 Å². The van der Waals surface area contributed by atoms with Crippen LogP contribution in [0, 0.1) is 6.92 Å². The SMILES string of the molecule is COCCN(C(=O)c1ccc(C)c(S(=O)(=O)Cl)c1)C1CC1. The molecule has 1 aromatic rings. The van der Waals surface area contributed by atoms with Crippen molar-refractivity contribution in [1.29, 1.82) is 0 Å². The molecule has 1 aliphatic carbocycles. The summed E-state index contributed by atoms with van der Waals surface area (Å²) in [5.41, 5.74) is 0.860. The van der Waals surface area contributed by atoms with Crippen LogP contribution in [0.2, 0.25) is 0 Å². The van der Waals surface area contributed by atoms with Crippen LogP contribution >= 0.6 is 10.7 Å². The number of methoxy groups -OCH3 is 1. The largest absolute Gasteiger partial charge is 0.383 e. The third-order valence-corrected chi connectivity index (χ3v) is 4.95. The van der Waals surface area contributed by atoms with Crippen molar-refractivity contribution in [2.75, 3.05) is 20.3 Å². The molecule has 0 spiro atoms. The Hall–Kier alpha value is -1.11. The van der Waals surface area contributed by atoms with Gasteiger partial charge >= 0.3 is 0 Å². The van der Waals surface area contributed by atoms with Crippen LogP contribution < -0.4 is 0 Å². The van der Waals surface area contributed by atoms with Crippen molar-refractivity contribution in [1.82, 2.24) is 4.90 Å². The Morgan fingerprint density at radius 2 is 2.10 bits per heavy atom. The Labute approximate surface area is 129 Å². The molecule has 0 heterocycles. The maximum absolute atomic E-state index is 12.6. The van der Waals surface area contributed by atoms with Crippen molar-refractivity contribution in [3.8, 4) is 0 Å². The number of nitrogens with zero attached hydrogens (tertiary/aromatic N) is 1. The number of hydrogen-bond acceptors (Lipinski definition) is 4. The van der Waals surface area contributed by atoms with E-state index in [4.69, 9.17) is 15.4 Å². The number of halogens is 1. The molecule has 1 amide bonds. The molecule has 2 rings (SSSR count). The third-order valence-electron chi connectivity index (χ3n) is 3.48. The summed E-state index contributed by atoms with van der Waals surface area (Å²) >= 11 is 0. The van der Waals surface area contributed by atoms with Gasteiger partial charge in [-0.15, -0.1) is 0 Å². The zero-order chi connectivity index (χ0) is 15.6. The molecule has 5 nitrogen and oxygen atoms in total. The minimum Gasteiger partial charge on any atom is -0.383 e. The second-order valence-electron chi connectivity index (χ2n) is 5.14. The van der Waals surface area contributed by atoms with E-state index < -0.39 is 9.05 Å². The van der Waals surface area contributed by atoms with Crippen LogP contribution in [0.25, 0.3) is 0 Å². The first-order valence-electron chi connectivity index (χ1n) is 6.70. The molecular weight excluding hydrogens is 314 g/mol. The highest BCUT2D eigenvalue weighted by Gasteiger charge is 2.33. The van der Waals surface area contributed by atoms with Gasteiger partial charge in [-0.1, -0.05) is 6.07 Å². The fraction of sp³-hybridized carbons (Fsp3) is 0.500. The first-order valence-corrected chi connectivity index (χ1v) is 9.00. The average molecular weight is 332 g/mol. The van der Waals surface area contributed by atoms with Crippen molar-refractivity contribution in [2.45, 2.75) is 30.7 Å². The second kappa shape index (κ2) is 6.34. The molecule has 0 atom stereocenters. The third kappa shape index (κ3) is 3.96. The first kappa shape index (κ1) is 16.3. The van der Waals surface area contributed by atoms with Gasteiger partial charge in [-0.2, -0.15) is 0 Å². The summed E-state index contributed by atoms with van der Waals surface area (Å²) in [5, 5.41) is 0. The Balaban J connectivity index is 2.29. The van der Waals surface area contributed by atoms with Crippen molar-refractivity contribution < 1.29 is 17.9 Å². The van der Waals surface area contributed by atoms with Gasteiger partial charge in [0.25, 0.3) is 15.0 Å². The maximum atomic E-state index is 12.6. The van der Waals surface area contributed by atoms with E-state index in [1.807, 2.05) is 0 Å². The van der Waals surface area contributed by atoms with Gasteiger partial charge in [-0.3, -0.25) is 4.79 Å². The molecule has 116 valence electrons. The van der Waals surface area contributed by atoms with Crippen LogP contribution in [0.3, 0.4) is 0 Å². The van der Waals surface area contributed by atoms with E-state index in [1.54, 1.807) is 31.1 Å². The van der Waals surface area contributed by atoms with Gasteiger partial charge in [-0.05, 0) is 37.5 Å². The molecule has 21 heavy (non-hydrogen) atoms. The summed E-state index contributed by atoms with van der Waals surface area (Å²) in [6, 6.07) is 4.81. The number of aryl methyl sites for hydroxylation is 1. The lowest BCUT2D eigenvalue weighted by atomic mass is 10.1. The molecule has 0 N–H and O–H groups in total. The molecule has 0 aliphatic heterocycles. The molecule has 7 heteroatoms. The van der Waals surface area contributed by atoms with E-state index in [-0.39, 0.29) is 16.8 Å². The highest BCUT2D eigenvalue weighted by atomic mass is 35.7. The Bertz CT molecular complexity index is 640. The minimum atomic E-state index is -3.86. The summed E-state index contributed by atoms with van der Waals surface area (Å²) < 4.78 is 28.1. The standard InChI is InChI=1S/C14H18ClNO4S/c1-10-3-4-11(9-13(10)21(15,18)19)14(17)16(7-8-20-2)12-5-6-12/h3-4,9,12H,5-8H2,1-2H3. The average Bonchev–Trinajstić information content (AvgIpc) is 3.22. The van der Waals surface area contributed by atoms with E-state index in [9.17, 15) is 13.2 Å². The summed E-state index contributed by atoms with van der Waals surface area (Å²) in [6.07, 6.45) is 1.95. The predicted octanol–water partition coefficient (Wildman–Crippen LogP) is 2.17. The van der Waals surface area contributed by atoms with E-state index in [0.29, 0.717) is 24.3 Å². The highest BCUT2D eigenvalue weighted by Crippen LogP contribution is 2.29. The summed E-state index contributed by atoms with van der Waals surface area (Å²) in [6.45, 7) is 2.60. The van der Waals surface area contributed by atoms with Crippen LogP contribution in [-0.2, 0) is 13.8 Å². The zero-order valence-electron chi connectivity index (χ0n) is 12.0. The van der Waals surface area contributed by atoms with Crippen molar-refractivity contribution in [3.63, 3.8) is 0 Å². The van der Waals surface area contributed by atoms with Crippen molar-refractivity contribution in [3.05, 3.63) is 29.3 Å². The molecule has 1 aromatic carbocycles. The van der Waals surface area contributed by atoms with Crippen molar-refractivity contribution >= 4 is 25.6 Å². The monoisotopic (exact) mass is 331 g/mol. The highest BCUT2D eigenvalue weighted by molar-refractivity contribution is 8.13. The molecule has 0 unspecified atom stereocenters. The maximum Gasteiger partial charge on any atom is 0.261 e. The van der Waals surface area contributed by atoms with Gasteiger partial charge in [0.05, 0.1) is 11.5 Å². The zero-order valence-corrected chi connectivity index (χ0v) is 13.6.